The van der Waals surface area contributed by atoms with Crippen LogP contribution in [-0.2, 0) is 4.74 Å². The third-order valence-electron chi connectivity index (χ3n) is 3.07. The van der Waals surface area contributed by atoms with Crippen LogP contribution < -0.4 is 11.3 Å². The number of rotatable bonds is 6. The van der Waals surface area contributed by atoms with Crippen molar-refractivity contribution in [3.8, 4) is 0 Å². The molecule has 3 N–H and O–H groups in total. The number of ether oxygens (including phenoxy) is 1. The number of hydrogen-bond donors (Lipinski definition) is 2. The summed E-state index contributed by atoms with van der Waals surface area (Å²) in [6, 6.07) is 10.4. The molecule has 1 aromatic carbocycles. The number of hydrogen-bond acceptors (Lipinski definition) is 4. The fraction of sp³-hybridized carbons (Fsp3) is 0.357. The third-order valence-corrected chi connectivity index (χ3v) is 3.07. The molecule has 0 aliphatic heterocycles. The van der Waals surface area contributed by atoms with Gasteiger partial charge in [-0.2, -0.15) is 0 Å². The zero-order valence-electron chi connectivity index (χ0n) is 10.6. The molecule has 0 spiro atoms. The number of methoxy groups -OCH3 is 1. The van der Waals surface area contributed by atoms with Crippen LogP contribution in [0.15, 0.2) is 36.5 Å². The van der Waals surface area contributed by atoms with Gasteiger partial charge in [-0.05, 0) is 30.5 Å². The number of nitrogens with two attached hydrogens (primary N) is 1. The Morgan fingerprint density at radius 2 is 2.28 bits per heavy atom. The van der Waals surface area contributed by atoms with Crippen molar-refractivity contribution < 1.29 is 4.74 Å². The first-order chi connectivity index (χ1) is 8.85. The molecule has 2 rings (SSSR count). The maximum Gasteiger partial charge on any atom is 0.0705 e. The molecule has 0 saturated carbocycles. The quantitative estimate of drug-likeness (QED) is 0.465. The van der Waals surface area contributed by atoms with Crippen LogP contribution in [0.3, 0.4) is 0 Å². The van der Waals surface area contributed by atoms with Gasteiger partial charge in [0.2, 0.25) is 0 Å². The second-order valence-corrected chi connectivity index (χ2v) is 4.31. The second-order valence-electron chi connectivity index (χ2n) is 4.31. The van der Waals surface area contributed by atoms with E-state index in [4.69, 9.17) is 10.6 Å². The normalized spacial score (nSPS) is 12.8. The summed E-state index contributed by atoms with van der Waals surface area (Å²) in [6.07, 6.45) is 3.73. The highest BCUT2D eigenvalue weighted by Crippen LogP contribution is 2.21. The highest BCUT2D eigenvalue weighted by atomic mass is 16.5. The third kappa shape index (κ3) is 3.04. The van der Waals surface area contributed by atoms with Gasteiger partial charge in [0.15, 0.2) is 0 Å². The fourth-order valence-electron chi connectivity index (χ4n) is 2.08. The molecule has 0 saturated heterocycles. The Labute approximate surface area is 107 Å². The predicted molar refractivity (Wildman–Crippen MR) is 72.9 cm³/mol. The van der Waals surface area contributed by atoms with Crippen molar-refractivity contribution in [2.75, 3.05) is 13.7 Å². The first kappa shape index (κ1) is 13.0. The SMILES string of the molecule is COCCCC(NN)c1ccc2cccnc2c1. The molecule has 0 radical (unpaired) electrons. The lowest BCUT2D eigenvalue weighted by atomic mass is 10.0. The zero-order valence-corrected chi connectivity index (χ0v) is 10.6. The summed E-state index contributed by atoms with van der Waals surface area (Å²) in [6.45, 7) is 0.754. The summed E-state index contributed by atoms with van der Waals surface area (Å²) < 4.78 is 5.06. The van der Waals surface area contributed by atoms with E-state index < -0.39 is 0 Å². The summed E-state index contributed by atoms with van der Waals surface area (Å²) in [4.78, 5) is 4.36. The fourth-order valence-corrected chi connectivity index (χ4v) is 2.08. The Bertz CT molecular complexity index is 501. The van der Waals surface area contributed by atoms with Crippen LogP contribution in [-0.4, -0.2) is 18.7 Å². The van der Waals surface area contributed by atoms with Gasteiger partial charge in [-0.15, -0.1) is 0 Å². The maximum absolute atomic E-state index is 5.62. The van der Waals surface area contributed by atoms with Crippen LogP contribution in [0.5, 0.6) is 0 Å². The van der Waals surface area contributed by atoms with Crippen molar-refractivity contribution in [3.05, 3.63) is 42.1 Å². The van der Waals surface area contributed by atoms with E-state index in [1.165, 1.54) is 5.56 Å². The molecule has 0 aliphatic carbocycles. The predicted octanol–water partition coefficient (Wildman–Crippen LogP) is 2.17. The van der Waals surface area contributed by atoms with Crippen LogP contribution in [0.4, 0.5) is 0 Å². The van der Waals surface area contributed by atoms with Crippen molar-refractivity contribution >= 4 is 10.9 Å². The average molecular weight is 245 g/mol. The van der Waals surface area contributed by atoms with Crippen LogP contribution in [0.2, 0.25) is 0 Å². The molecule has 18 heavy (non-hydrogen) atoms. The van der Waals surface area contributed by atoms with Crippen molar-refractivity contribution in [1.82, 2.24) is 10.4 Å². The molecule has 96 valence electrons. The van der Waals surface area contributed by atoms with Crippen molar-refractivity contribution in [3.63, 3.8) is 0 Å². The van der Waals surface area contributed by atoms with Gasteiger partial charge in [0.25, 0.3) is 0 Å². The molecule has 1 unspecified atom stereocenters. The van der Waals surface area contributed by atoms with Gasteiger partial charge >= 0.3 is 0 Å². The Morgan fingerprint density at radius 3 is 3.06 bits per heavy atom. The molecule has 0 bridgehead atoms. The number of hydrazine groups is 1. The lowest BCUT2D eigenvalue weighted by molar-refractivity contribution is 0.189. The number of nitrogens with zero attached hydrogens (tertiary/aromatic N) is 1. The number of nitrogens with one attached hydrogen (secondary N) is 1. The second kappa shape index (κ2) is 6.44. The molecule has 1 heterocycles. The van der Waals surface area contributed by atoms with Gasteiger partial charge in [-0.25, -0.2) is 0 Å². The number of fused-ring (bicyclic) bond motifs is 1. The first-order valence-corrected chi connectivity index (χ1v) is 6.15. The summed E-state index contributed by atoms with van der Waals surface area (Å²) in [5, 5.41) is 1.15. The number of pyridine rings is 1. The zero-order chi connectivity index (χ0) is 12.8. The van der Waals surface area contributed by atoms with Crippen molar-refractivity contribution in [1.29, 1.82) is 0 Å². The van der Waals surface area contributed by atoms with E-state index in [1.54, 1.807) is 7.11 Å². The lowest BCUT2D eigenvalue weighted by Gasteiger charge is -2.16. The standard InChI is InChI=1S/C14H19N3O/c1-18-9-3-5-13(17-15)12-7-6-11-4-2-8-16-14(11)10-12/h2,4,6-8,10,13,17H,3,5,9,15H2,1H3. The Morgan fingerprint density at radius 1 is 1.39 bits per heavy atom. The van der Waals surface area contributed by atoms with Gasteiger partial charge in [0.1, 0.15) is 0 Å². The average Bonchev–Trinajstić information content (AvgIpc) is 2.43. The van der Waals surface area contributed by atoms with Gasteiger partial charge in [-0.1, -0.05) is 18.2 Å². The number of benzene rings is 1. The van der Waals surface area contributed by atoms with E-state index in [0.29, 0.717) is 0 Å². The maximum atomic E-state index is 5.62. The minimum Gasteiger partial charge on any atom is -0.385 e. The molecule has 4 nitrogen and oxygen atoms in total. The highest BCUT2D eigenvalue weighted by Gasteiger charge is 2.09. The first-order valence-electron chi connectivity index (χ1n) is 6.15. The Balaban J connectivity index is 2.17. The van der Waals surface area contributed by atoms with Crippen LogP contribution in [0.1, 0.15) is 24.4 Å². The summed E-state index contributed by atoms with van der Waals surface area (Å²) in [7, 11) is 1.71. The van der Waals surface area contributed by atoms with Gasteiger partial charge in [0, 0.05) is 31.3 Å². The van der Waals surface area contributed by atoms with E-state index in [1.807, 2.05) is 12.3 Å². The molecular formula is C14H19N3O. The minimum atomic E-state index is 0.145. The van der Waals surface area contributed by atoms with E-state index in [9.17, 15) is 0 Å². The van der Waals surface area contributed by atoms with Crippen molar-refractivity contribution in [2.45, 2.75) is 18.9 Å². The molecule has 1 aromatic heterocycles. The van der Waals surface area contributed by atoms with Crippen LogP contribution >= 0.6 is 0 Å². The summed E-state index contributed by atoms with van der Waals surface area (Å²) in [5.41, 5.74) is 5.03. The molecule has 4 heteroatoms. The van der Waals surface area contributed by atoms with E-state index in [2.05, 4.69) is 34.7 Å². The molecule has 2 aromatic rings. The van der Waals surface area contributed by atoms with Gasteiger partial charge < -0.3 is 4.74 Å². The largest absolute Gasteiger partial charge is 0.385 e. The minimum absolute atomic E-state index is 0.145. The topological polar surface area (TPSA) is 60.2 Å². The molecule has 0 aliphatic rings. The van der Waals surface area contributed by atoms with Crippen LogP contribution in [0.25, 0.3) is 10.9 Å². The molecule has 1 atom stereocenters. The van der Waals surface area contributed by atoms with E-state index in [0.717, 1.165) is 30.4 Å². The van der Waals surface area contributed by atoms with Gasteiger partial charge in [0.05, 0.1) is 5.52 Å². The van der Waals surface area contributed by atoms with E-state index >= 15 is 0 Å². The molecule has 0 fully saturated rings. The smallest absolute Gasteiger partial charge is 0.0705 e. The summed E-state index contributed by atoms with van der Waals surface area (Å²) >= 11 is 0. The molecular weight excluding hydrogens is 226 g/mol. The van der Waals surface area contributed by atoms with Crippen molar-refractivity contribution in [2.24, 2.45) is 5.84 Å². The lowest BCUT2D eigenvalue weighted by Crippen LogP contribution is -2.28. The monoisotopic (exact) mass is 245 g/mol. The Kier molecular flexibility index (Phi) is 4.64. The molecule has 0 amide bonds. The van der Waals surface area contributed by atoms with Gasteiger partial charge in [-0.3, -0.25) is 16.3 Å². The summed E-state index contributed by atoms with van der Waals surface area (Å²) in [5.74, 6) is 5.62. The highest BCUT2D eigenvalue weighted by molar-refractivity contribution is 5.78. The Hall–Kier alpha value is -1.49. The van der Waals surface area contributed by atoms with E-state index in [-0.39, 0.29) is 6.04 Å². The van der Waals surface area contributed by atoms with Crippen LogP contribution in [0, 0.1) is 0 Å². The number of aromatic nitrogens is 1.